The summed E-state index contributed by atoms with van der Waals surface area (Å²) in [7, 11) is -1.66. The van der Waals surface area contributed by atoms with Crippen molar-refractivity contribution < 1.29 is 30.0 Å². The summed E-state index contributed by atoms with van der Waals surface area (Å²) in [6.07, 6.45) is 4.75. The van der Waals surface area contributed by atoms with Crippen molar-refractivity contribution in [2.24, 2.45) is 10.8 Å². The number of aliphatic hydroxyl groups is 1. The third-order valence-corrected chi connectivity index (χ3v) is 15.0. The van der Waals surface area contributed by atoms with Crippen molar-refractivity contribution in [3.8, 4) is 22.4 Å². The van der Waals surface area contributed by atoms with Crippen LogP contribution < -0.4 is 10.4 Å². The predicted molar refractivity (Wildman–Crippen MR) is 185 cm³/mol. The second-order valence-electron chi connectivity index (χ2n) is 13.0. The zero-order chi connectivity index (χ0) is 31.2. The van der Waals surface area contributed by atoms with E-state index >= 15 is 0 Å². The van der Waals surface area contributed by atoms with Crippen LogP contribution in [0, 0.1) is 16.9 Å². The Balaban J connectivity index is 0.000000218. The van der Waals surface area contributed by atoms with Crippen LogP contribution in [0.3, 0.4) is 0 Å². The van der Waals surface area contributed by atoms with Crippen molar-refractivity contribution in [2.75, 3.05) is 0 Å². The maximum absolute atomic E-state index is 12.2. The van der Waals surface area contributed by atoms with E-state index < -0.39 is 8.07 Å². The van der Waals surface area contributed by atoms with Crippen LogP contribution in [0.25, 0.3) is 33.3 Å². The van der Waals surface area contributed by atoms with Crippen molar-refractivity contribution in [3.63, 3.8) is 0 Å². The molecule has 1 N–H and O–H groups in total. The second kappa shape index (κ2) is 13.1. The van der Waals surface area contributed by atoms with E-state index in [1.165, 1.54) is 43.1 Å². The molecule has 3 heterocycles. The van der Waals surface area contributed by atoms with E-state index in [4.69, 9.17) is 4.98 Å². The van der Waals surface area contributed by atoms with E-state index in [1.54, 1.807) is 5.19 Å². The number of pyridine rings is 1. The summed E-state index contributed by atoms with van der Waals surface area (Å²) in [6.45, 7) is 17.0. The number of hydrogen-bond acceptors (Lipinski definition) is 4. The van der Waals surface area contributed by atoms with Crippen molar-refractivity contribution >= 4 is 46.9 Å². The van der Waals surface area contributed by atoms with Gasteiger partial charge in [0.2, 0.25) is 0 Å². The van der Waals surface area contributed by atoms with E-state index in [2.05, 4.69) is 79.8 Å². The molecule has 233 valence electrons. The number of fused-ring (bicyclic) bond motifs is 3. The molecule has 44 heavy (non-hydrogen) atoms. The van der Waals surface area contributed by atoms with Gasteiger partial charge in [0, 0.05) is 47.6 Å². The molecule has 2 aliphatic rings. The molecule has 0 saturated carbocycles. The van der Waals surface area contributed by atoms with Crippen LogP contribution in [0.5, 0.6) is 0 Å². The first kappa shape index (κ1) is 34.4. The summed E-state index contributed by atoms with van der Waals surface area (Å²) in [5.74, 6) is 0.286. The number of carbonyl (C=O) groups excluding carboxylic acids is 1. The SMILES string of the molecule is CCC(C)(CC)C(=O)/C=C(\O)C(C)(CC)CC.C[Si]1(C)c2cc[c-]c3c2-c2c(cccc21)Sc1cc2ccccc2nc1-3.[Ir]. The maximum atomic E-state index is 12.2. The van der Waals surface area contributed by atoms with Gasteiger partial charge in [0.25, 0.3) is 0 Å². The molecular formula is C38H44IrNO2SSi-. The third-order valence-electron chi connectivity index (χ3n) is 10.4. The van der Waals surface area contributed by atoms with Crippen LogP contribution in [0.4, 0.5) is 0 Å². The summed E-state index contributed by atoms with van der Waals surface area (Å²) in [5, 5.41) is 14.4. The van der Waals surface area contributed by atoms with Crippen LogP contribution >= 0.6 is 11.8 Å². The maximum Gasteiger partial charge on any atom is 0.164 e. The Kier molecular flexibility index (Phi) is 10.2. The van der Waals surface area contributed by atoms with Gasteiger partial charge in [-0.15, -0.1) is 28.9 Å². The molecule has 0 spiro atoms. The number of nitrogens with zero attached hydrogens (tertiary/aromatic N) is 1. The number of aliphatic hydroxyl groups excluding tert-OH is 1. The molecule has 1 aromatic heterocycles. The Labute approximate surface area is 282 Å². The summed E-state index contributed by atoms with van der Waals surface area (Å²) < 4.78 is 0. The molecule has 0 aliphatic carbocycles. The average Bonchev–Trinajstić information content (AvgIpc) is 3.17. The first-order valence-corrected chi connectivity index (χ1v) is 19.5. The predicted octanol–water partition coefficient (Wildman–Crippen LogP) is 9.62. The summed E-state index contributed by atoms with van der Waals surface area (Å²) in [4.78, 5) is 19.8. The fourth-order valence-electron chi connectivity index (χ4n) is 6.16. The average molecular weight is 799 g/mol. The molecule has 0 fully saturated rings. The molecule has 3 aromatic carbocycles. The van der Waals surface area contributed by atoms with Crippen molar-refractivity contribution in [2.45, 2.75) is 90.1 Å². The monoisotopic (exact) mass is 799 g/mol. The topological polar surface area (TPSA) is 50.2 Å². The molecule has 0 unspecified atom stereocenters. The van der Waals surface area contributed by atoms with Crippen LogP contribution in [-0.2, 0) is 24.9 Å². The minimum Gasteiger partial charge on any atom is -0.512 e. The van der Waals surface area contributed by atoms with Crippen LogP contribution in [0.1, 0.15) is 67.2 Å². The van der Waals surface area contributed by atoms with Gasteiger partial charge in [0.15, 0.2) is 5.78 Å². The number of allylic oxidation sites excluding steroid dienone is 2. The summed E-state index contributed by atoms with van der Waals surface area (Å²) in [5.41, 5.74) is 5.55. The zero-order valence-corrected chi connectivity index (χ0v) is 31.4. The van der Waals surface area contributed by atoms with E-state index in [1.807, 2.05) is 53.3 Å². The molecule has 2 aliphatic heterocycles. The number of ketones is 1. The van der Waals surface area contributed by atoms with Crippen molar-refractivity contribution in [1.29, 1.82) is 0 Å². The second-order valence-corrected chi connectivity index (χ2v) is 18.4. The normalized spacial score (nSPS) is 14.5. The fourth-order valence-corrected chi connectivity index (χ4v) is 10.4. The van der Waals surface area contributed by atoms with E-state index in [0.717, 1.165) is 36.9 Å². The van der Waals surface area contributed by atoms with E-state index in [-0.39, 0.29) is 42.5 Å². The van der Waals surface area contributed by atoms with Crippen LogP contribution in [0.15, 0.2) is 82.3 Å². The van der Waals surface area contributed by atoms with Gasteiger partial charge in [-0.1, -0.05) is 107 Å². The number of aromatic nitrogens is 1. The Morgan fingerprint density at radius 3 is 2.18 bits per heavy atom. The summed E-state index contributed by atoms with van der Waals surface area (Å²) >= 11 is 1.86. The van der Waals surface area contributed by atoms with E-state index in [9.17, 15) is 9.90 Å². The molecule has 1 radical (unpaired) electrons. The van der Waals surface area contributed by atoms with Gasteiger partial charge in [0.05, 0.1) is 13.6 Å². The molecule has 3 nitrogen and oxygen atoms in total. The van der Waals surface area contributed by atoms with Gasteiger partial charge < -0.3 is 5.11 Å². The zero-order valence-electron chi connectivity index (χ0n) is 27.2. The first-order valence-electron chi connectivity index (χ1n) is 15.7. The van der Waals surface area contributed by atoms with Crippen LogP contribution in [0.2, 0.25) is 13.1 Å². The molecule has 4 aromatic rings. The van der Waals surface area contributed by atoms with Crippen molar-refractivity contribution in [1.82, 2.24) is 4.98 Å². The Morgan fingerprint density at radius 2 is 1.52 bits per heavy atom. The van der Waals surface area contributed by atoms with E-state index in [0.29, 0.717) is 0 Å². The van der Waals surface area contributed by atoms with Gasteiger partial charge in [-0.2, -0.15) is 0 Å². The molecule has 0 bridgehead atoms. The van der Waals surface area contributed by atoms with Crippen molar-refractivity contribution in [3.05, 3.63) is 78.6 Å². The third kappa shape index (κ3) is 5.80. The number of benzene rings is 3. The molecular weight excluding hydrogens is 755 g/mol. The molecule has 0 saturated heterocycles. The first-order chi connectivity index (χ1) is 20.4. The minimum absolute atomic E-state index is 0. The van der Waals surface area contributed by atoms with Gasteiger partial charge in [-0.25, -0.2) is 0 Å². The number of para-hydroxylation sites is 1. The van der Waals surface area contributed by atoms with Gasteiger partial charge in [-0.3, -0.25) is 9.78 Å². The standard InChI is InChI=1S/C23H16NSSi.C15H28O2.Ir/c1-26(2)19-11-5-8-15-21(19)22-17(10-6-12-20(22)26)25-18-13-14-7-3-4-9-16(14)24-23(15)18;1-7-14(5,8-2)12(16)11-13(17)15(6,9-3)10-4;/h3-7,9-13H,1-2H3;11,16H,7-10H2,1-6H3;/q-1;;/b;12-11-;. The largest absolute Gasteiger partial charge is 0.512 e. The van der Waals surface area contributed by atoms with Gasteiger partial charge in [-0.05, 0) is 59.7 Å². The van der Waals surface area contributed by atoms with Gasteiger partial charge in [0.1, 0.15) is 5.76 Å². The smallest absolute Gasteiger partial charge is 0.164 e. The molecule has 6 heteroatoms. The Bertz CT molecular complexity index is 1740. The number of rotatable bonds is 7. The number of hydrogen-bond donors (Lipinski definition) is 1. The molecule has 0 atom stereocenters. The molecule has 0 amide bonds. The Morgan fingerprint density at radius 1 is 0.886 bits per heavy atom. The minimum atomic E-state index is -1.66. The van der Waals surface area contributed by atoms with Gasteiger partial charge >= 0.3 is 0 Å². The summed E-state index contributed by atoms with van der Waals surface area (Å²) in [6, 6.07) is 25.5. The Hall–Kier alpha value is -2.50. The molecule has 6 rings (SSSR count). The quantitative estimate of drug-likeness (QED) is 0.0772. The number of carbonyl (C=O) groups is 1. The van der Waals surface area contributed by atoms with Crippen LogP contribution in [-0.4, -0.2) is 23.9 Å². The fraction of sp³-hybridized carbons (Fsp3) is 0.368.